The molecule has 1 rings (SSSR count). The van der Waals surface area contributed by atoms with E-state index in [0.717, 1.165) is 18.5 Å². The van der Waals surface area contributed by atoms with Crippen LogP contribution in [0.1, 0.15) is 0 Å². The average molecular weight is 164 g/mol. The van der Waals surface area contributed by atoms with E-state index in [0.29, 0.717) is 0 Å². The van der Waals surface area contributed by atoms with Crippen LogP contribution in [0.3, 0.4) is 0 Å². The second-order valence-corrected chi connectivity index (χ2v) is 1.63. The summed E-state index contributed by atoms with van der Waals surface area (Å²) in [4.78, 5) is 0. The van der Waals surface area contributed by atoms with Gasteiger partial charge in [0.15, 0.2) is 0 Å². The molecule has 0 atom stereocenters. The number of hydrogen-bond donors (Lipinski definition) is 0. The lowest BCUT2D eigenvalue weighted by molar-refractivity contribution is -0.301. The molecule has 1 heterocycles. The van der Waals surface area contributed by atoms with Crippen molar-refractivity contribution in [1.82, 2.24) is 5.10 Å². The molecule has 0 N–H and O–H groups in total. The van der Waals surface area contributed by atoms with Crippen molar-refractivity contribution >= 4 is 12.4 Å². The lowest BCUT2D eigenvalue weighted by Gasteiger charge is -2.05. The van der Waals surface area contributed by atoms with Gasteiger partial charge in [-0.3, -0.25) is 0 Å². The van der Waals surface area contributed by atoms with Gasteiger partial charge in [-0.2, -0.15) is 0 Å². The van der Waals surface area contributed by atoms with Crippen molar-refractivity contribution in [3.8, 4) is 0 Å². The first kappa shape index (κ1) is 7.77. The summed E-state index contributed by atoms with van der Waals surface area (Å²) in [5, 5.41) is 6.47. The maximum atomic E-state index is 11.5. The van der Waals surface area contributed by atoms with E-state index in [9.17, 15) is 13.2 Å². The molecule has 0 spiro atoms. The Morgan fingerprint density at radius 3 is 2.64 bits per heavy atom. The molecule has 1 aliphatic rings. The first-order chi connectivity index (χ1) is 5.08. The number of hydrogen-bond acceptors (Lipinski definition) is 3. The van der Waals surface area contributed by atoms with Crippen LogP contribution in [-0.2, 0) is 4.74 Å². The predicted octanol–water partition coefficient (Wildman–Crippen LogP) is 0.813. The molecule has 0 aromatic rings. The Kier molecular flexibility index (Phi) is 1.93. The molecule has 6 heteroatoms. The predicted molar refractivity (Wildman–Crippen MR) is 31.9 cm³/mol. The SMILES string of the molecule is FC(F)(F)OC1=CC=N[N+]=C1. The van der Waals surface area contributed by atoms with E-state index in [4.69, 9.17) is 0 Å². The van der Waals surface area contributed by atoms with E-state index in [1.54, 1.807) is 0 Å². The molecule has 0 bridgehead atoms. The van der Waals surface area contributed by atoms with Crippen LogP contribution < -0.4 is 5.10 Å². The number of alkyl halides is 3. The zero-order valence-corrected chi connectivity index (χ0v) is 5.17. The fraction of sp³-hybridized carbons (Fsp3) is 0.200. The van der Waals surface area contributed by atoms with Gasteiger partial charge in [0.2, 0.25) is 10.9 Å². The lowest BCUT2D eigenvalue weighted by Crippen LogP contribution is -2.15. The van der Waals surface area contributed by atoms with Crippen molar-refractivity contribution in [2.75, 3.05) is 0 Å². The van der Waals surface area contributed by atoms with E-state index in [1.165, 1.54) is 0 Å². The summed E-state index contributed by atoms with van der Waals surface area (Å²) < 4.78 is 37.9. The monoisotopic (exact) mass is 164 g/mol. The minimum Gasteiger partial charge on any atom is -0.399 e. The van der Waals surface area contributed by atoms with Crippen LogP contribution >= 0.6 is 0 Å². The molecule has 1 aliphatic heterocycles. The van der Waals surface area contributed by atoms with Gasteiger partial charge in [-0.1, -0.05) is 0 Å². The number of rotatable bonds is 1. The number of ether oxygens (including phenoxy) is 1. The normalized spacial score (nSPS) is 16.5. The smallest absolute Gasteiger partial charge is 0.399 e. The highest BCUT2D eigenvalue weighted by Crippen LogP contribution is 2.19. The zero-order chi connectivity index (χ0) is 8.32. The molecule has 0 unspecified atom stereocenters. The van der Waals surface area contributed by atoms with E-state index < -0.39 is 6.36 Å². The summed E-state index contributed by atoms with van der Waals surface area (Å²) in [6.45, 7) is 0. The number of allylic oxidation sites excluding steroid dienone is 2. The first-order valence-electron chi connectivity index (χ1n) is 2.60. The van der Waals surface area contributed by atoms with Gasteiger partial charge in [0.1, 0.15) is 6.21 Å². The van der Waals surface area contributed by atoms with Gasteiger partial charge in [0, 0.05) is 6.08 Å². The van der Waals surface area contributed by atoms with Gasteiger partial charge < -0.3 is 4.74 Å². The molecule has 0 fully saturated rings. The van der Waals surface area contributed by atoms with Crippen LogP contribution in [0, 0.1) is 0 Å². The quantitative estimate of drug-likeness (QED) is 0.564. The van der Waals surface area contributed by atoms with E-state index in [1.807, 2.05) is 0 Å². The number of halogens is 3. The molecular weight excluding hydrogens is 161 g/mol. The summed E-state index contributed by atoms with van der Waals surface area (Å²) in [6.07, 6.45) is -1.60. The maximum Gasteiger partial charge on any atom is 0.573 e. The van der Waals surface area contributed by atoms with Crippen LogP contribution in [-0.4, -0.2) is 18.8 Å². The molecule has 0 amide bonds. The highest BCUT2D eigenvalue weighted by atomic mass is 19.4. The summed E-state index contributed by atoms with van der Waals surface area (Å²) >= 11 is 0. The molecule has 0 aromatic carbocycles. The number of nitrogens with zero attached hydrogens (tertiary/aromatic N) is 2. The van der Waals surface area contributed by atoms with Crippen LogP contribution in [0.25, 0.3) is 0 Å². The highest BCUT2D eigenvalue weighted by Gasteiger charge is 2.33. The third-order valence-corrected chi connectivity index (χ3v) is 0.791. The standard InChI is InChI=1S/C5H3F3N2O/c6-5(7,8)11-4-1-2-9-10-3-4/h1-3H/q+1. The van der Waals surface area contributed by atoms with E-state index >= 15 is 0 Å². The largest absolute Gasteiger partial charge is 0.573 e. The van der Waals surface area contributed by atoms with Gasteiger partial charge in [-0.05, 0) is 0 Å². The Morgan fingerprint density at radius 1 is 1.45 bits per heavy atom. The minimum atomic E-state index is -4.66. The molecule has 1 radical (unpaired) electrons. The van der Waals surface area contributed by atoms with Crippen LogP contribution in [0.2, 0.25) is 0 Å². The van der Waals surface area contributed by atoms with Gasteiger partial charge in [-0.15, -0.1) is 13.2 Å². The van der Waals surface area contributed by atoms with Crippen LogP contribution in [0.5, 0.6) is 0 Å². The Morgan fingerprint density at radius 2 is 2.18 bits per heavy atom. The van der Waals surface area contributed by atoms with Crippen molar-refractivity contribution < 1.29 is 17.9 Å². The topological polar surface area (TPSA) is 35.7 Å². The Balaban J connectivity index is 2.58. The van der Waals surface area contributed by atoms with Crippen LogP contribution in [0.15, 0.2) is 16.9 Å². The lowest BCUT2D eigenvalue weighted by atomic mass is 10.5. The molecule has 0 aliphatic carbocycles. The van der Waals surface area contributed by atoms with E-state index in [-0.39, 0.29) is 5.76 Å². The summed E-state index contributed by atoms with van der Waals surface area (Å²) in [7, 11) is 0. The fourth-order valence-corrected chi connectivity index (χ4v) is 0.473. The average Bonchev–Trinajstić information content (AvgIpc) is 1.85. The van der Waals surface area contributed by atoms with Crippen molar-refractivity contribution in [3.05, 3.63) is 11.8 Å². The third kappa shape index (κ3) is 2.83. The Bertz CT molecular complexity index is 228. The summed E-state index contributed by atoms with van der Waals surface area (Å²) in [5.74, 6) is -0.368. The van der Waals surface area contributed by atoms with Crippen molar-refractivity contribution in [2.45, 2.75) is 6.36 Å². The van der Waals surface area contributed by atoms with Crippen molar-refractivity contribution in [1.29, 1.82) is 0 Å². The molecule has 59 valence electrons. The van der Waals surface area contributed by atoms with Gasteiger partial charge in [-0.25, -0.2) is 0 Å². The van der Waals surface area contributed by atoms with E-state index in [2.05, 4.69) is 14.9 Å². The van der Waals surface area contributed by atoms with Gasteiger partial charge in [0.05, 0.1) is 5.10 Å². The Hall–Kier alpha value is -1.33. The second kappa shape index (κ2) is 2.73. The van der Waals surface area contributed by atoms with Crippen molar-refractivity contribution in [2.24, 2.45) is 5.10 Å². The minimum absolute atomic E-state index is 0.368. The molecule has 0 aromatic heterocycles. The third-order valence-electron chi connectivity index (χ3n) is 0.791. The van der Waals surface area contributed by atoms with Crippen LogP contribution in [0.4, 0.5) is 13.2 Å². The highest BCUT2D eigenvalue weighted by molar-refractivity contribution is 5.86. The second-order valence-electron chi connectivity index (χ2n) is 1.63. The van der Waals surface area contributed by atoms with Gasteiger partial charge >= 0.3 is 12.6 Å². The molecular formula is C5H3F3N2O+. The Labute approximate surface area is 59.9 Å². The van der Waals surface area contributed by atoms with Gasteiger partial charge in [0.25, 0.3) is 0 Å². The zero-order valence-electron chi connectivity index (χ0n) is 5.17. The molecule has 11 heavy (non-hydrogen) atoms. The molecule has 0 saturated carbocycles. The fourth-order valence-electron chi connectivity index (χ4n) is 0.473. The van der Waals surface area contributed by atoms with Crippen molar-refractivity contribution in [3.63, 3.8) is 0 Å². The first-order valence-corrected chi connectivity index (χ1v) is 2.60. The summed E-state index contributed by atoms with van der Waals surface area (Å²) in [6, 6.07) is 0. The molecule has 3 nitrogen and oxygen atoms in total. The summed E-state index contributed by atoms with van der Waals surface area (Å²) in [5.41, 5.74) is 0. The molecule has 0 saturated heterocycles. The maximum absolute atomic E-state index is 11.5.